The van der Waals surface area contributed by atoms with Crippen LogP contribution in [0.5, 0.6) is 0 Å². The Labute approximate surface area is 189 Å². The van der Waals surface area contributed by atoms with Crippen LogP contribution in [0.4, 0.5) is 0 Å². The second-order valence-electron chi connectivity index (χ2n) is 8.81. The first-order valence-corrected chi connectivity index (χ1v) is 10.6. The fourth-order valence-corrected chi connectivity index (χ4v) is 4.44. The van der Waals surface area contributed by atoms with Gasteiger partial charge in [0.25, 0.3) is 0 Å². The fraction of sp³-hybridized carbons (Fsp3) is 0.900. The zero-order valence-electron chi connectivity index (χ0n) is 18.0. The maximum Gasteiger partial charge on any atom is 0.215 e. The Hall–Kier alpha value is -0.900. The second-order valence-corrected chi connectivity index (χ2v) is 8.81. The Morgan fingerprint density at radius 2 is 1.69 bits per heavy atom. The van der Waals surface area contributed by atoms with E-state index in [1.165, 1.54) is 0 Å². The molecule has 2 fully saturated rings. The summed E-state index contributed by atoms with van der Waals surface area (Å²) in [5.41, 5.74) is 22.9. The van der Waals surface area contributed by atoms with E-state index >= 15 is 0 Å². The number of aliphatic hydroxyl groups excluding tert-OH is 2. The van der Waals surface area contributed by atoms with Crippen LogP contribution in [0.15, 0.2) is 11.8 Å². The average Bonchev–Trinajstić information content (AvgIpc) is 2.71. The topological polar surface area (TPSA) is 214 Å². The van der Waals surface area contributed by atoms with Gasteiger partial charge in [-0.05, 0) is 32.9 Å². The molecule has 3 rings (SSSR count). The summed E-state index contributed by atoms with van der Waals surface area (Å²) in [4.78, 5) is 0. The highest BCUT2D eigenvalue weighted by Crippen LogP contribution is 2.31. The Balaban J connectivity index is 0.00000363. The van der Waals surface area contributed by atoms with Crippen LogP contribution in [0.3, 0.4) is 0 Å². The molecule has 0 amide bonds. The van der Waals surface area contributed by atoms with Crippen LogP contribution in [-0.2, 0) is 18.9 Å². The van der Waals surface area contributed by atoms with Crippen molar-refractivity contribution in [3.63, 3.8) is 0 Å². The van der Waals surface area contributed by atoms with Crippen LogP contribution in [0.1, 0.15) is 27.2 Å². The third-order valence-corrected chi connectivity index (χ3v) is 6.22. The van der Waals surface area contributed by atoms with E-state index in [1.54, 1.807) is 20.0 Å². The van der Waals surface area contributed by atoms with Gasteiger partial charge in [-0.3, -0.25) is 0 Å². The van der Waals surface area contributed by atoms with E-state index in [-0.39, 0.29) is 20.6 Å². The van der Waals surface area contributed by atoms with Crippen molar-refractivity contribution < 1.29 is 34.3 Å². The standard InChI is InChI=1S/C19H37N5O7.CH4/c1-19(27)7-28-18(13(26)16(19)24-2)31-15-11(23)5-10(22)14(12(15)25)30-17-9(21)4-3-8(6-20)29-17;/h3,9-18,24-27H,4-7,20-23H2,1-2H3;1H4/t9-,10+,11-,12+,13-,14-,15+,16-,17-,18-,19+;/m1./s1. The van der Waals surface area contributed by atoms with Crippen molar-refractivity contribution in [2.75, 3.05) is 20.2 Å². The van der Waals surface area contributed by atoms with Crippen LogP contribution >= 0.6 is 0 Å². The molecule has 0 spiro atoms. The molecule has 2 heterocycles. The highest BCUT2D eigenvalue weighted by atomic mass is 16.7. The van der Waals surface area contributed by atoms with Crippen molar-refractivity contribution in [1.82, 2.24) is 5.32 Å². The number of rotatable bonds is 6. The Morgan fingerprint density at radius 1 is 1.09 bits per heavy atom. The van der Waals surface area contributed by atoms with Gasteiger partial charge in [-0.1, -0.05) is 7.43 Å². The van der Waals surface area contributed by atoms with Gasteiger partial charge in [0.1, 0.15) is 35.8 Å². The minimum Gasteiger partial charge on any atom is -0.467 e. The number of likely N-dealkylation sites (N-methyl/N-ethyl adjacent to an activating group) is 1. The molecule has 2 aliphatic heterocycles. The fourth-order valence-electron chi connectivity index (χ4n) is 4.44. The molecule has 0 aromatic carbocycles. The quantitative estimate of drug-likeness (QED) is 0.195. The monoisotopic (exact) mass is 463 g/mol. The van der Waals surface area contributed by atoms with Crippen molar-refractivity contribution in [2.24, 2.45) is 22.9 Å². The highest BCUT2D eigenvalue weighted by molar-refractivity contribution is 5.04. The normalized spacial score (nSPS) is 47.2. The first kappa shape index (κ1) is 27.3. The number of aliphatic hydroxyl groups is 3. The largest absolute Gasteiger partial charge is 0.467 e. The van der Waals surface area contributed by atoms with Gasteiger partial charge in [-0.15, -0.1) is 0 Å². The molecule has 0 bridgehead atoms. The van der Waals surface area contributed by atoms with Gasteiger partial charge in [0.15, 0.2) is 6.29 Å². The smallest absolute Gasteiger partial charge is 0.215 e. The van der Waals surface area contributed by atoms with Crippen LogP contribution < -0.4 is 28.3 Å². The van der Waals surface area contributed by atoms with Crippen molar-refractivity contribution >= 4 is 0 Å². The highest BCUT2D eigenvalue weighted by Gasteiger charge is 2.50. The minimum absolute atomic E-state index is 0. The maximum atomic E-state index is 11.0. The van der Waals surface area contributed by atoms with Crippen LogP contribution in [0.25, 0.3) is 0 Å². The number of nitrogens with one attached hydrogen (secondary N) is 1. The van der Waals surface area contributed by atoms with E-state index in [1.807, 2.05) is 0 Å². The van der Waals surface area contributed by atoms with Crippen molar-refractivity contribution in [2.45, 2.75) is 94.0 Å². The molecule has 32 heavy (non-hydrogen) atoms. The lowest BCUT2D eigenvalue weighted by Crippen LogP contribution is -2.68. The molecule has 1 aliphatic carbocycles. The molecule has 12 heteroatoms. The molecule has 11 atom stereocenters. The summed E-state index contributed by atoms with van der Waals surface area (Å²) >= 11 is 0. The number of ether oxygens (including phenoxy) is 4. The third kappa shape index (κ3) is 5.59. The van der Waals surface area contributed by atoms with Gasteiger partial charge in [0.05, 0.1) is 25.2 Å². The lowest BCUT2D eigenvalue weighted by Gasteiger charge is -2.48. The lowest BCUT2D eigenvalue weighted by atomic mass is 9.84. The summed E-state index contributed by atoms with van der Waals surface area (Å²) in [5, 5.41) is 34.9. The summed E-state index contributed by atoms with van der Waals surface area (Å²) < 4.78 is 23.1. The van der Waals surface area contributed by atoms with Gasteiger partial charge in [0, 0.05) is 12.1 Å². The molecule has 1 saturated carbocycles. The molecule has 1 saturated heterocycles. The summed E-state index contributed by atoms with van der Waals surface area (Å²) in [7, 11) is 1.62. The molecule has 188 valence electrons. The molecule has 0 radical (unpaired) electrons. The molecular weight excluding hydrogens is 422 g/mol. The number of hydrogen-bond donors (Lipinski definition) is 8. The second kappa shape index (κ2) is 11.0. The zero-order chi connectivity index (χ0) is 22.9. The summed E-state index contributed by atoms with van der Waals surface area (Å²) in [6, 6.07) is -2.37. The van der Waals surface area contributed by atoms with Crippen LogP contribution in [0.2, 0.25) is 0 Å². The predicted octanol–water partition coefficient (Wildman–Crippen LogP) is -3.22. The van der Waals surface area contributed by atoms with Gasteiger partial charge in [-0.2, -0.15) is 0 Å². The molecule has 0 aromatic heterocycles. The number of nitrogens with two attached hydrogens (primary N) is 4. The van der Waals surface area contributed by atoms with Crippen molar-refractivity contribution in [3.05, 3.63) is 11.8 Å². The van der Waals surface area contributed by atoms with Gasteiger partial charge >= 0.3 is 0 Å². The van der Waals surface area contributed by atoms with E-state index < -0.39 is 66.8 Å². The molecular formula is C20H41N5O7. The number of hydrogen-bond acceptors (Lipinski definition) is 12. The zero-order valence-corrected chi connectivity index (χ0v) is 18.0. The molecule has 12 nitrogen and oxygen atoms in total. The lowest BCUT2D eigenvalue weighted by molar-refractivity contribution is -0.303. The molecule has 12 N–H and O–H groups in total. The first-order valence-electron chi connectivity index (χ1n) is 10.6. The SMILES string of the molecule is C.CN[C@@H]1[C@@H](O)[C@@H](O[C@@H]2[C@@H](O)[C@H](O[C@H]3OC(CN)=CC[C@H]3N)[C@@H](N)C[C@H]2N)OC[C@]1(C)O. The van der Waals surface area contributed by atoms with Crippen LogP contribution in [0, 0.1) is 0 Å². The Bertz CT molecular complexity index is 639. The summed E-state index contributed by atoms with van der Waals surface area (Å²) in [6.07, 6.45) is -3.56. The van der Waals surface area contributed by atoms with Gasteiger partial charge in [0.2, 0.25) is 6.29 Å². The maximum absolute atomic E-state index is 11.0. The van der Waals surface area contributed by atoms with E-state index in [0.29, 0.717) is 18.6 Å². The molecule has 0 aromatic rings. The predicted molar refractivity (Wildman–Crippen MR) is 117 cm³/mol. The van der Waals surface area contributed by atoms with Crippen molar-refractivity contribution in [3.8, 4) is 0 Å². The van der Waals surface area contributed by atoms with Crippen molar-refractivity contribution in [1.29, 1.82) is 0 Å². The van der Waals surface area contributed by atoms with Gasteiger partial charge < -0.3 is 62.5 Å². The van der Waals surface area contributed by atoms with Crippen LogP contribution in [-0.4, -0.2) is 102 Å². The third-order valence-electron chi connectivity index (χ3n) is 6.22. The van der Waals surface area contributed by atoms with E-state index in [4.69, 9.17) is 41.9 Å². The van der Waals surface area contributed by atoms with Gasteiger partial charge in [-0.25, -0.2) is 0 Å². The summed E-state index contributed by atoms with van der Waals surface area (Å²) in [6.45, 7) is 1.68. The van der Waals surface area contributed by atoms with E-state index in [2.05, 4.69) is 5.32 Å². The van der Waals surface area contributed by atoms with E-state index in [9.17, 15) is 15.3 Å². The Kier molecular flexibility index (Phi) is 9.41. The van der Waals surface area contributed by atoms with E-state index in [0.717, 1.165) is 0 Å². The summed E-state index contributed by atoms with van der Waals surface area (Å²) in [5.74, 6) is 0.555. The minimum atomic E-state index is -1.29. The molecule has 3 aliphatic rings. The first-order chi connectivity index (χ1) is 14.6. The Morgan fingerprint density at radius 3 is 2.25 bits per heavy atom. The molecule has 0 unspecified atom stereocenters. The average molecular weight is 464 g/mol.